The van der Waals surface area contributed by atoms with Crippen LogP contribution in [0.25, 0.3) is 42.6 Å². The number of benzene rings is 3. The van der Waals surface area contributed by atoms with Crippen LogP contribution >= 0.6 is 11.3 Å². The van der Waals surface area contributed by atoms with E-state index in [0.717, 1.165) is 5.69 Å². The summed E-state index contributed by atoms with van der Waals surface area (Å²) in [5, 5.41) is 5.87. The second-order valence-corrected chi connectivity index (χ2v) is 13.9. The Kier molecular flexibility index (Phi) is 3.47. The summed E-state index contributed by atoms with van der Waals surface area (Å²) in [4.78, 5) is 4.68. The number of aromatic nitrogens is 1. The second-order valence-electron chi connectivity index (χ2n) is 8.54. The minimum absolute atomic E-state index is 1.06. The van der Waals surface area contributed by atoms with Crippen molar-refractivity contribution in [2.24, 2.45) is 0 Å². The Hall–Kier alpha value is -2.75. The highest BCUT2D eigenvalue weighted by molar-refractivity contribution is 7.27. The Balaban J connectivity index is 1.73. The van der Waals surface area contributed by atoms with Gasteiger partial charge in [0, 0.05) is 31.9 Å². The van der Waals surface area contributed by atoms with Crippen LogP contribution in [0.3, 0.4) is 0 Å². The second kappa shape index (κ2) is 5.88. The Labute approximate surface area is 175 Å². The van der Waals surface area contributed by atoms with E-state index in [4.69, 9.17) is 0 Å². The normalized spacial score (nSPS) is 14.3. The quantitative estimate of drug-likeness (QED) is 0.300. The topological polar surface area (TPSA) is 12.9 Å². The highest BCUT2D eigenvalue weighted by Crippen LogP contribution is 2.44. The summed E-state index contributed by atoms with van der Waals surface area (Å²) in [7, 11) is -1.64. The van der Waals surface area contributed by atoms with Gasteiger partial charge in [0.25, 0.3) is 0 Å². The molecule has 0 unspecified atom stereocenters. The summed E-state index contributed by atoms with van der Waals surface area (Å²) in [5.74, 6) is 0. The van der Waals surface area contributed by atoms with Crippen molar-refractivity contribution in [2.75, 3.05) is 0 Å². The molecule has 0 spiro atoms. The van der Waals surface area contributed by atoms with Gasteiger partial charge in [-0.05, 0) is 46.1 Å². The first-order valence-corrected chi connectivity index (χ1v) is 13.9. The lowest BCUT2D eigenvalue weighted by Crippen LogP contribution is -2.49. The van der Waals surface area contributed by atoms with Gasteiger partial charge in [-0.25, -0.2) is 0 Å². The fourth-order valence-corrected chi connectivity index (χ4v) is 9.47. The van der Waals surface area contributed by atoms with Crippen LogP contribution in [0.4, 0.5) is 0 Å². The summed E-state index contributed by atoms with van der Waals surface area (Å²) in [6, 6.07) is 24.7. The minimum Gasteiger partial charge on any atom is -0.256 e. The smallest absolute Gasteiger partial charge is 0.113 e. The zero-order chi connectivity index (χ0) is 19.8. The number of pyridine rings is 1. The molecule has 0 saturated carbocycles. The van der Waals surface area contributed by atoms with E-state index < -0.39 is 8.07 Å². The first-order valence-electron chi connectivity index (χ1n) is 10.1. The van der Waals surface area contributed by atoms with Gasteiger partial charge in [-0.15, -0.1) is 11.3 Å². The molecule has 0 aliphatic carbocycles. The lowest BCUT2D eigenvalue weighted by Gasteiger charge is -2.18. The maximum absolute atomic E-state index is 4.68. The van der Waals surface area contributed by atoms with E-state index in [-0.39, 0.29) is 0 Å². The molecular weight excluding hydrogens is 386 g/mol. The largest absolute Gasteiger partial charge is 0.256 e. The van der Waals surface area contributed by atoms with Crippen molar-refractivity contribution < 1.29 is 0 Å². The summed E-state index contributed by atoms with van der Waals surface area (Å²) in [6.45, 7) is 7.10. The number of nitrogens with zero attached hydrogens (tertiary/aromatic N) is 1. The van der Waals surface area contributed by atoms with Gasteiger partial charge >= 0.3 is 0 Å². The van der Waals surface area contributed by atoms with Crippen molar-refractivity contribution >= 4 is 50.0 Å². The fourth-order valence-electron chi connectivity index (χ4n) is 4.93. The van der Waals surface area contributed by atoms with Gasteiger partial charge in [-0.1, -0.05) is 67.7 Å². The van der Waals surface area contributed by atoms with Crippen LogP contribution < -0.4 is 10.4 Å². The molecule has 0 radical (unpaired) electrons. The van der Waals surface area contributed by atoms with E-state index in [2.05, 4.69) is 91.7 Å². The van der Waals surface area contributed by atoms with Crippen LogP contribution in [0.2, 0.25) is 13.1 Å². The minimum atomic E-state index is -1.64. The third-order valence-corrected chi connectivity index (χ3v) is 11.2. The number of rotatable bonds is 1. The number of aryl methyl sites for hydroxylation is 1. The molecule has 0 bridgehead atoms. The highest BCUT2D eigenvalue weighted by atomic mass is 32.1. The van der Waals surface area contributed by atoms with E-state index in [1.807, 2.05) is 17.5 Å². The predicted octanol–water partition coefficient (Wildman–Crippen LogP) is 6.23. The number of hydrogen-bond donors (Lipinski definition) is 0. The molecule has 140 valence electrons. The maximum Gasteiger partial charge on any atom is 0.113 e. The Morgan fingerprint density at radius 1 is 0.759 bits per heavy atom. The summed E-state index contributed by atoms with van der Waals surface area (Å²) in [6.07, 6.45) is 1.92. The average molecular weight is 408 g/mol. The molecule has 6 rings (SSSR count). The first kappa shape index (κ1) is 17.1. The number of fused-ring (bicyclic) bond motifs is 7. The molecule has 1 aliphatic rings. The van der Waals surface area contributed by atoms with E-state index in [1.165, 1.54) is 42.4 Å². The SMILES string of the molecule is Cc1ccnc(-c2cccc3c2sc2c4c(ccc23)[Si](C)(C)c2ccccc2-4)c1. The average Bonchev–Trinajstić information content (AvgIpc) is 3.21. The highest BCUT2D eigenvalue weighted by Gasteiger charge is 2.38. The van der Waals surface area contributed by atoms with Gasteiger partial charge in [-0.2, -0.15) is 0 Å². The standard InChI is InChI=1S/C26H21NSSi/c1-16-13-14-27-21(15-16)19-9-6-8-17-18-11-12-23-24(26(18)28-25(17)19)20-7-4-5-10-22(20)29(23,2)3/h4-15H,1-3H3. The van der Waals surface area contributed by atoms with Crippen molar-refractivity contribution in [3.05, 3.63) is 78.5 Å². The molecule has 3 heterocycles. The van der Waals surface area contributed by atoms with E-state index in [9.17, 15) is 0 Å². The first-order chi connectivity index (χ1) is 14.1. The third kappa shape index (κ3) is 2.29. The molecule has 1 nitrogen and oxygen atoms in total. The Morgan fingerprint density at radius 3 is 2.41 bits per heavy atom. The Bertz CT molecular complexity index is 1440. The third-order valence-electron chi connectivity index (χ3n) is 6.40. The summed E-state index contributed by atoms with van der Waals surface area (Å²) < 4.78 is 2.78. The predicted molar refractivity (Wildman–Crippen MR) is 129 cm³/mol. The molecule has 0 N–H and O–H groups in total. The van der Waals surface area contributed by atoms with Gasteiger partial charge in [0.1, 0.15) is 8.07 Å². The molecule has 0 fully saturated rings. The van der Waals surface area contributed by atoms with Crippen LogP contribution in [0.15, 0.2) is 72.9 Å². The summed E-state index contributed by atoms with van der Waals surface area (Å²) >= 11 is 1.94. The van der Waals surface area contributed by atoms with Crippen LogP contribution in [0, 0.1) is 6.92 Å². The fraction of sp³-hybridized carbons (Fsp3) is 0.115. The van der Waals surface area contributed by atoms with Gasteiger partial charge in [0.2, 0.25) is 0 Å². The van der Waals surface area contributed by atoms with Crippen molar-refractivity contribution in [3.8, 4) is 22.4 Å². The molecular formula is C26H21NSSi. The molecule has 0 atom stereocenters. The van der Waals surface area contributed by atoms with Gasteiger partial charge in [0.05, 0.1) is 5.69 Å². The Morgan fingerprint density at radius 2 is 1.55 bits per heavy atom. The molecule has 3 heteroatoms. The number of thiophene rings is 1. The van der Waals surface area contributed by atoms with Crippen LogP contribution in [-0.4, -0.2) is 13.1 Å². The van der Waals surface area contributed by atoms with Gasteiger partial charge < -0.3 is 0 Å². The lowest BCUT2D eigenvalue weighted by molar-refractivity contribution is 1.29. The molecule has 0 amide bonds. The van der Waals surface area contributed by atoms with Crippen molar-refractivity contribution in [3.63, 3.8) is 0 Å². The van der Waals surface area contributed by atoms with Crippen molar-refractivity contribution in [2.45, 2.75) is 20.0 Å². The van der Waals surface area contributed by atoms with Crippen molar-refractivity contribution in [1.29, 1.82) is 0 Å². The molecule has 0 saturated heterocycles. The number of hydrogen-bond acceptors (Lipinski definition) is 2. The van der Waals surface area contributed by atoms with Crippen molar-refractivity contribution in [1.82, 2.24) is 4.98 Å². The van der Waals surface area contributed by atoms with Crippen LogP contribution in [0.1, 0.15) is 5.56 Å². The molecule has 5 aromatic rings. The van der Waals surface area contributed by atoms with E-state index in [0.29, 0.717) is 0 Å². The maximum atomic E-state index is 4.68. The van der Waals surface area contributed by atoms with E-state index in [1.54, 1.807) is 10.4 Å². The zero-order valence-electron chi connectivity index (χ0n) is 16.8. The molecule has 2 aromatic heterocycles. The molecule has 1 aliphatic heterocycles. The van der Waals surface area contributed by atoms with Crippen LogP contribution in [0.5, 0.6) is 0 Å². The molecule has 3 aromatic carbocycles. The monoisotopic (exact) mass is 407 g/mol. The van der Waals surface area contributed by atoms with E-state index >= 15 is 0 Å². The lowest BCUT2D eigenvalue weighted by atomic mass is 10.0. The summed E-state index contributed by atoms with van der Waals surface area (Å²) in [5.41, 5.74) is 6.49. The van der Waals surface area contributed by atoms with Gasteiger partial charge in [-0.3, -0.25) is 4.98 Å². The molecule has 29 heavy (non-hydrogen) atoms. The van der Waals surface area contributed by atoms with Crippen LogP contribution in [-0.2, 0) is 0 Å². The van der Waals surface area contributed by atoms with Gasteiger partial charge in [0.15, 0.2) is 0 Å². The zero-order valence-corrected chi connectivity index (χ0v) is 18.6.